The zero-order valence-corrected chi connectivity index (χ0v) is 15.5. The number of hydrazone groups is 1. The molecule has 2 aromatic carbocycles. The molecule has 22 heavy (non-hydrogen) atoms. The number of rotatable bonds is 3. The van der Waals surface area contributed by atoms with Gasteiger partial charge in [-0.3, -0.25) is 4.79 Å². The van der Waals surface area contributed by atoms with E-state index in [0.29, 0.717) is 20.6 Å². The smallest absolute Gasteiger partial charge is 0.272 e. The fourth-order valence-electron chi connectivity index (χ4n) is 1.58. The Balaban J connectivity index is 2.16. The summed E-state index contributed by atoms with van der Waals surface area (Å²) in [4.78, 5) is 12.0. The lowest BCUT2D eigenvalue weighted by Gasteiger charge is -2.05. The first-order valence-corrected chi connectivity index (χ1v) is 8.19. The van der Waals surface area contributed by atoms with Crippen LogP contribution in [0.4, 0.5) is 0 Å². The molecule has 0 aliphatic heterocycles. The van der Waals surface area contributed by atoms with Crippen LogP contribution in [0.3, 0.4) is 0 Å². The quantitative estimate of drug-likeness (QED) is 0.494. The van der Waals surface area contributed by atoms with E-state index in [1.54, 1.807) is 18.2 Å². The van der Waals surface area contributed by atoms with Crippen molar-refractivity contribution in [3.63, 3.8) is 0 Å². The molecule has 0 aliphatic carbocycles. The predicted octanol–water partition coefficient (Wildman–Crippen LogP) is 4.99. The molecule has 0 atom stereocenters. The van der Waals surface area contributed by atoms with Crippen molar-refractivity contribution in [2.75, 3.05) is 0 Å². The van der Waals surface area contributed by atoms with E-state index in [9.17, 15) is 9.90 Å². The molecule has 0 bridgehead atoms. The molecule has 0 aliphatic rings. The van der Waals surface area contributed by atoms with Gasteiger partial charge < -0.3 is 5.11 Å². The van der Waals surface area contributed by atoms with E-state index < -0.39 is 5.91 Å². The Kier molecular flexibility index (Phi) is 5.86. The van der Waals surface area contributed by atoms with E-state index in [2.05, 4.69) is 42.4 Å². The Morgan fingerprint density at radius 2 is 2.00 bits per heavy atom. The SMILES string of the molecule is O=C(N/N=C\c1cc(Cl)cc(Cl)c1O)c1cccc(Br)c1Br. The summed E-state index contributed by atoms with van der Waals surface area (Å²) in [7, 11) is 0. The summed E-state index contributed by atoms with van der Waals surface area (Å²) < 4.78 is 1.37. The maximum absolute atomic E-state index is 12.0. The molecule has 114 valence electrons. The number of phenols is 1. The molecule has 1 amide bonds. The Labute approximate surface area is 153 Å². The minimum absolute atomic E-state index is 0.106. The number of nitrogens with zero attached hydrogens (tertiary/aromatic N) is 1. The molecule has 4 nitrogen and oxygen atoms in total. The fourth-order valence-corrected chi connectivity index (χ4v) is 2.90. The lowest BCUT2D eigenvalue weighted by Crippen LogP contribution is -2.18. The van der Waals surface area contributed by atoms with E-state index in [-0.39, 0.29) is 10.8 Å². The third kappa shape index (κ3) is 4.01. The first-order chi connectivity index (χ1) is 10.4. The van der Waals surface area contributed by atoms with Crippen molar-refractivity contribution in [3.8, 4) is 5.75 Å². The van der Waals surface area contributed by atoms with Gasteiger partial charge in [0, 0.05) is 19.5 Å². The molecule has 0 fully saturated rings. The van der Waals surface area contributed by atoms with E-state index in [4.69, 9.17) is 23.2 Å². The van der Waals surface area contributed by atoms with Gasteiger partial charge in [-0.1, -0.05) is 29.3 Å². The number of halogens is 4. The van der Waals surface area contributed by atoms with E-state index in [1.165, 1.54) is 18.3 Å². The zero-order chi connectivity index (χ0) is 16.3. The summed E-state index contributed by atoms with van der Waals surface area (Å²) in [5.74, 6) is -0.565. The zero-order valence-electron chi connectivity index (χ0n) is 10.8. The second-order valence-corrected chi connectivity index (χ2v) is 6.62. The first kappa shape index (κ1) is 17.3. The molecule has 2 rings (SSSR count). The van der Waals surface area contributed by atoms with Crippen molar-refractivity contribution in [1.29, 1.82) is 0 Å². The highest BCUT2D eigenvalue weighted by Gasteiger charge is 2.11. The number of hydrogen-bond donors (Lipinski definition) is 2. The molecule has 2 N–H and O–H groups in total. The maximum Gasteiger partial charge on any atom is 0.272 e. The largest absolute Gasteiger partial charge is 0.506 e. The van der Waals surface area contributed by atoms with Gasteiger partial charge in [0.2, 0.25) is 0 Å². The second-order valence-electron chi connectivity index (χ2n) is 4.13. The number of amides is 1. The summed E-state index contributed by atoms with van der Waals surface area (Å²) in [5, 5.41) is 14.0. The van der Waals surface area contributed by atoms with Crippen LogP contribution in [0.5, 0.6) is 5.75 Å². The molecule has 8 heteroatoms. The van der Waals surface area contributed by atoms with Gasteiger partial charge in [0.1, 0.15) is 5.75 Å². The normalized spacial score (nSPS) is 10.9. The van der Waals surface area contributed by atoms with E-state index in [0.717, 1.165) is 4.47 Å². The van der Waals surface area contributed by atoms with Gasteiger partial charge in [-0.25, -0.2) is 5.43 Å². The van der Waals surface area contributed by atoms with Crippen LogP contribution in [-0.4, -0.2) is 17.2 Å². The number of phenolic OH excluding ortho intramolecular Hbond substituents is 1. The summed E-state index contributed by atoms with van der Waals surface area (Å²) in [6, 6.07) is 8.07. The standard InChI is InChI=1S/C14H8Br2Cl2N2O2/c15-10-3-1-2-9(12(10)16)14(22)20-19-6-7-4-8(17)5-11(18)13(7)21/h1-6,21H,(H,20,22)/b19-6-. The topological polar surface area (TPSA) is 61.7 Å². The van der Waals surface area contributed by atoms with Gasteiger partial charge in [0.25, 0.3) is 5.91 Å². The number of carbonyl (C=O) groups excluding carboxylic acids is 1. The predicted molar refractivity (Wildman–Crippen MR) is 95.0 cm³/mol. The molecule has 2 aromatic rings. The first-order valence-electron chi connectivity index (χ1n) is 5.85. The van der Waals surface area contributed by atoms with Crippen molar-refractivity contribution < 1.29 is 9.90 Å². The molecule has 0 radical (unpaired) electrons. The molecule has 0 saturated carbocycles. The Morgan fingerprint density at radius 1 is 1.27 bits per heavy atom. The minimum Gasteiger partial charge on any atom is -0.506 e. The van der Waals surface area contributed by atoms with Crippen molar-refractivity contribution in [2.45, 2.75) is 0 Å². The average Bonchev–Trinajstić information content (AvgIpc) is 2.46. The third-order valence-corrected chi connectivity index (χ3v) is 5.18. The van der Waals surface area contributed by atoms with Crippen LogP contribution < -0.4 is 5.43 Å². The van der Waals surface area contributed by atoms with E-state index in [1.807, 2.05) is 0 Å². The van der Waals surface area contributed by atoms with Crippen LogP contribution in [-0.2, 0) is 0 Å². The summed E-state index contributed by atoms with van der Waals surface area (Å²) in [6.45, 7) is 0. The Morgan fingerprint density at radius 3 is 2.73 bits per heavy atom. The third-order valence-electron chi connectivity index (χ3n) is 2.62. The maximum atomic E-state index is 12.0. The van der Waals surface area contributed by atoms with Gasteiger partial charge in [-0.05, 0) is 56.1 Å². The van der Waals surface area contributed by atoms with Crippen LogP contribution in [0.2, 0.25) is 10.0 Å². The van der Waals surface area contributed by atoms with Gasteiger partial charge in [0.05, 0.1) is 16.8 Å². The van der Waals surface area contributed by atoms with Gasteiger partial charge in [0.15, 0.2) is 0 Å². The van der Waals surface area contributed by atoms with Crippen LogP contribution in [0, 0.1) is 0 Å². The summed E-state index contributed by atoms with van der Waals surface area (Å²) in [6.07, 6.45) is 1.26. The van der Waals surface area contributed by atoms with Gasteiger partial charge >= 0.3 is 0 Å². The Bertz CT molecular complexity index is 767. The summed E-state index contributed by atoms with van der Waals surface area (Å²) >= 11 is 18.3. The lowest BCUT2D eigenvalue weighted by atomic mass is 10.2. The number of carbonyl (C=O) groups is 1. The molecule has 0 saturated heterocycles. The molecular formula is C14H8Br2Cl2N2O2. The molecule has 0 spiro atoms. The number of benzene rings is 2. The number of aromatic hydroxyl groups is 1. The minimum atomic E-state index is -0.406. The van der Waals surface area contributed by atoms with Crippen LogP contribution >= 0.6 is 55.1 Å². The highest BCUT2D eigenvalue weighted by Crippen LogP contribution is 2.30. The van der Waals surface area contributed by atoms with Crippen LogP contribution in [0.15, 0.2) is 44.4 Å². The fraction of sp³-hybridized carbons (Fsp3) is 0. The van der Waals surface area contributed by atoms with E-state index >= 15 is 0 Å². The number of nitrogens with one attached hydrogen (secondary N) is 1. The van der Waals surface area contributed by atoms with Gasteiger partial charge in [-0.15, -0.1) is 0 Å². The van der Waals surface area contributed by atoms with Crippen molar-refractivity contribution in [3.05, 3.63) is 60.4 Å². The van der Waals surface area contributed by atoms with Crippen molar-refractivity contribution >= 4 is 67.2 Å². The number of hydrogen-bond acceptors (Lipinski definition) is 3. The molecule has 0 unspecified atom stereocenters. The lowest BCUT2D eigenvalue weighted by molar-refractivity contribution is 0.0954. The van der Waals surface area contributed by atoms with Crippen LogP contribution in [0.25, 0.3) is 0 Å². The Hall–Kier alpha value is -1.08. The van der Waals surface area contributed by atoms with Gasteiger partial charge in [-0.2, -0.15) is 5.10 Å². The van der Waals surface area contributed by atoms with Crippen LogP contribution in [0.1, 0.15) is 15.9 Å². The molecule has 0 heterocycles. The highest BCUT2D eigenvalue weighted by molar-refractivity contribution is 9.13. The monoisotopic (exact) mass is 464 g/mol. The average molecular weight is 467 g/mol. The molecular weight excluding hydrogens is 459 g/mol. The van der Waals surface area contributed by atoms with Crippen molar-refractivity contribution in [1.82, 2.24) is 5.43 Å². The van der Waals surface area contributed by atoms with Crippen molar-refractivity contribution in [2.24, 2.45) is 5.10 Å². The highest BCUT2D eigenvalue weighted by atomic mass is 79.9. The summed E-state index contributed by atoms with van der Waals surface area (Å²) in [5.41, 5.74) is 3.08. The molecule has 0 aromatic heterocycles. The second kappa shape index (κ2) is 7.46.